The van der Waals surface area contributed by atoms with Crippen LogP contribution in [-0.2, 0) is 4.84 Å². The molecule has 0 spiro atoms. The van der Waals surface area contributed by atoms with E-state index in [4.69, 9.17) is 4.84 Å². The molecule has 0 atom stereocenters. The first-order chi connectivity index (χ1) is 7.13. The van der Waals surface area contributed by atoms with Gasteiger partial charge in [-0.1, -0.05) is 0 Å². The van der Waals surface area contributed by atoms with Crippen LogP contribution in [-0.4, -0.2) is 30.5 Å². The van der Waals surface area contributed by atoms with Crippen molar-refractivity contribution in [2.75, 3.05) is 14.2 Å². The summed E-state index contributed by atoms with van der Waals surface area (Å²) in [7, 11) is 3.21. The Morgan fingerprint density at radius 1 is 1.47 bits per heavy atom. The zero-order valence-corrected chi connectivity index (χ0v) is 8.45. The fourth-order valence-corrected chi connectivity index (χ4v) is 0.856. The second kappa shape index (κ2) is 5.06. The molecule has 0 saturated carbocycles. The topological polar surface area (TPSA) is 68.0 Å². The number of benzene rings is 1. The van der Waals surface area contributed by atoms with Crippen molar-refractivity contribution in [3.8, 4) is 0 Å². The molecule has 15 heavy (non-hydrogen) atoms. The van der Waals surface area contributed by atoms with Crippen molar-refractivity contribution in [3.05, 3.63) is 34.4 Å². The predicted molar refractivity (Wildman–Crippen MR) is 56.0 cm³/mol. The number of non-ortho nitro benzene ring substituents is 1. The van der Waals surface area contributed by atoms with E-state index in [-0.39, 0.29) is 5.69 Å². The molecule has 0 amide bonds. The molecule has 0 heterocycles. The van der Waals surface area contributed by atoms with Gasteiger partial charge in [-0.3, -0.25) is 15.0 Å². The molecular formula is C9H11N3O3. The van der Waals surface area contributed by atoms with Gasteiger partial charge in [0, 0.05) is 19.2 Å². The van der Waals surface area contributed by atoms with Gasteiger partial charge >= 0.3 is 0 Å². The van der Waals surface area contributed by atoms with E-state index in [0.717, 1.165) is 0 Å². The highest BCUT2D eigenvalue weighted by atomic mass is 16.7. The van der Waals surface area contributed by atoms with Crippen molar-refractivity contribution in [1.29, 1.82) is 0 Å². The first-order valence-corrected chi connectivity index (χ1v) is 4.19. The molecule has 1 aromatic rings. The van der Waals surface area contributed by atoms with Gasteiger partial charge in [-0.15, -0.1) is 0 Å². The fourth-order valence-electron chi connectivity index (χ4n) is 0.856. The van der Waals surface area contributed by atoms with Crippen molar-refractivity contribution in [1.82, 2.24) is 5.06 Å². The first-order valence-electron chi connectivity index (χ1n) is 4.19. The quantitative estimate of drug-likeness (QED) is 0.328. The maximum atomic E-state index is 10.4. The van der Waals surface area contributed by atoms with E-state index in [1.54, 1.807) is 19.2 Å². The summed E-state index contributed by atoms with van der Waals surface area (Å²) in [5, 5.41) is 11.8. The van der Waals surface area contributed by atoms with Crippen LogP contribution in [0, 0.1) is 10.1 Å². The zero-order chi connectivity index (χ0) is 11.3. The molecule has 0 N–H and O–H groups in total. The predicted octanol–water partition coefficient (Wildman–Crippen LogP) is 1.75. The minimum absolute atomic E-state index is 0.0500. The largest absolute Gasteiger partial charge is 0.276 e. The number of hydrogen-bond acceptors (Lipinski definition) is 4. The highest BCUT2D eigenvalue weighted by molar-refractivity contribution is 5.60. The standard InChI is InChI=1S/C9H11N3O3/c1-11(15-2)7-10-8-3-5-9(6-4-8)12(13)14/h3-7H,1-2H3. The van der Waals surface area contributed by atoms with Crippen LogP contribution in [0.4, 0.5) is 11.4 Å². The summed E-state index contributed by atoms with van der Waals surface area (Å²) in [5.74, 6) is 0. The average molecular weight is 209 g/mol. The molecule has 0 aliphatic heterocycles. The number of aliphatic imine (C=N–C) groups is 1. The van der Waals surface area contributed by atoms with Gasteiger partial charge in [0.1, 0.15) is 6.34 Å². The second-order valence-electron chi connectivity index (χ2n) is 2.75. The van der Waals surface area contributed by atoms with Gasteiger partial charge in [-0.25, -0.2) is 10.1 Å². The van der Waals surface area contributed by atoms with Crippen LogP contribution in [0.15, 0.2) is 29.3 Å². The summed E-state index contributed by atoms with van der Waals surface area (Å²) >= 11 is 0. The number of nitro benzene ring substituents is 1. The minimum atomic E-state index is -0.450. The van der Waals surface area contributed by atoms with E-state index in [0.29, 0.717) is 5.69 Å². The number of hydrogen-bond donors (Lipinski definition) is 0. The Bertz CT molecular complexity index is 361. The molecule has 0 aliphatic carbocycles. The van der Waals surface area contributed by atoms with Crippen LogP contribution >= 0.6 is 0 Å². The minimum Gasteiger partial charge on any atom is -0.276 e. The average Bonchev–Trinajstić information content (AvgIpc) is 2.26. The third kappa shape index (κ3) is 3.35. The number of rotatable bonds is 4. The molecule has 0 bridgehead atoms. The van der Waals surface area contributed by atoms with E-state index in [2.05, 4.69) is 4.99 Å². The lowest BCUT2D eigenvalue weighted by atomic mass is 10.3. The van der Waals surface area contributed by atoms with Crippen molar-refractivity contribution in [2.45, 2.75) is 0 Å². The van der Waals surface area contributed by atoms with Crippen LogP contribution in [0.25, 0.3) is 0 Å². The maximum Gasteiger partial charge on any atom is 0.269 e. The molecule has 80 valence electrons. The monoisotopic (exact) mass is 209 g/mol. The number of nitro groups is 1. The van der Waals surface area contributed by atoms with Crippen LogP contribution in [0.3, 0.4) is 0 Å². The number of nitrogens with zero attached hydrogens (tertiary/aromatic N) is 3. The molecule has 1 aromatic carbocycles. The summed E-state index contributed by atoms with van der Waals surface area (Å²) in [5.41, 5.74) is 0.679. The molecule has 6 nitrogen and oxygen atoms in total. The van der Waals surface area contributed by atoms with E-state index >= 15 is 0 Å². The van der Waals surface area contributed by atoms with Crippen molar-refractivity contribution in [3.63, 3.8) is 0 Å². The van der Waals surface area contributed by atoms with E-state index in [9.17, 15) is 10.1 Å². The molecule has 0 aromatic heterocycles. The molecule has 0 radical (unpaired) electrons. The summed E-state index contributed by atoms with van der Waals surface area (Å²) < 4.78 is 0. The summed E-state index contributed by atoms with van der Waals surface area (Å²) in [6.07, 6.45) is 1.47. The Morgan fingerprint density at radius 2 is 2.07 bits per heavy atom. The molecule has 0 saturated heterocycles. The molecule has 0 aliphatic rings. The summed E-state index contributed by atoms with van der Waals surface area (Å²) in [4.78, 5) is 18.8. The lowest BCUT2D eigenvalue weighted by Gasteiger charge is -2.07. The lowest BCUT2D eigenvalue weighted by molar-refractivity contribution is -0.384. The van der Waals surface area contributed by atoms with Crippen LogP contribution < -0.4 is 0 Å². The molecule has 0 fully saturated rings. The van der Waals surface area contributed by atoms with E-state index < -0.39 is 4.92 Å². The van der Waals surface area contributed by atoms with Crippen molar-refractivity contribution < 1.29 is 9.76 Å². The third-order valence-electron chi connectivity index (χ3n) is 1.72. The SMILES string of the molecule is CON(C)C=Nc1ccc([N+](=O)[O-])cc1. The van der Waals surface area contributed by atoms with Gasteiger partial charge in [-0.2, -0.15) is 0 Å². The first kappa shape index (κ1) is 11.1. The van der Waals surface area contributed by atoms with Crippen molar-refractivity contribution in [2.24, 2.45) is 4.99 Å². The van der Waals surface area contributed by atoms with Crippen LogP contribution in [0.2, 0.25) is 0 Å². The Hall–Kier alpha value is -1.95. The highest BCUT2D eigenvalue weighted by Crippen LogP contribution is 2.17. The Morgan fingerprint density at radius 3 is 2.53 bits per heavy atom. The van der Waals surface area contributed by atoms with Crippen LogP contribution in [0.1, 0.15) is 0 Å². The Labute approximate surface area is 86.9 Å². The lowest BCUT2D eigenvalue weighted by Crippen LogP contribution is -2.13. The summed E-state index contributed by atoms with van der Waals surface area (Å²) in [6, 6.07) is 5.94. The summed E-state index contributed by atoms with van der Waals surface area (Å²) in [6.45, 7) is 0. The van der Waals surface area contributed by atoms with Gasteiger partial charge in [-0.05, 0) is 12.1 Å². The third-order valence-corrected chi connectivity index (χ3v) is 1.72. The molecule has 1 rings (SSSR count). The fraction of sp³-hybridized carbons (Fsp3) is 0.222. The van der Waals surface area contributed by atoms with Gasteiger partial charge in [0.15, 0.2) is 0 Å². The van der Waals surface area contributed by atoms with E-state index in [1.165, 1.54) is 30.6 Å². The van der Waals surface area contributed by atoms with Gasteiger partial charge in [0.05, 0.1) is 17.7 Å². The number of hydroxylamine groups is 2. The van der Waals surface area contributed by atoms with E-state index in [1.807, 2.05) is 0 Å². The second-order valence-corrected chi connectivity index (χ2v) is 2.75. The molecular weight excluding hydrogens is 198 g/mol. The van der Waals surface area contributed by atoms with Gasteiger partial charge in [0.25, 0.3) is 5.69 Å². The molecule has 0 unspecified atom stereocenters. The zero-order valence-electron chi connectivity index (χ0n) is 8.45. The highest BCUT2D eigenvalue weighted by Gasteiger charge is 2.02. The van der Waals surface area contributed by atoms with Crippen LogP contribution in [0.5, 0.6) is 0 Å². The van der Waals surface area contributed by atoms with Gasteiger partial charge in [0.2, 0.25) is 0 Å². The smallest absolute Gasteiger partial charge is 0.269 e. The Balaban J connectivity index is 2.72. The molecule has 6 heteroatoms. The maximum absolute atomic E-state index is 10.4. The normalized spacial score (nSPS) is 10.5. The van der Waals surface area contributed by atoms with Gasteiger partial charge < -0.3 is 0 Å². The Kier molecular flexibility index (Phi) is 3.75. The van der Waals surface area contributed by atoms with Crippen molar-refractivity contribution >= 4 is 17.7 Å².